The average Bonchev–Trinajstić information content (AvgIpc) is 3.17. The molecule has 2 heterocycles. The summed E-state index contributed by atoms with van der Waals surface area (Å²) in [7, 11) is 0. The number of nitrogens with one attached hydrogen (secondary N) is 1. The normalized spacial score (nSPS) is 27.1. The Morgan fingerprint density at radius 2 is 1.87 bits per heavy atom. The van der Waals surface area contributed by atoms with Gasteiger partial charge in [0.15, 0.2) is 0 Å². The van der Waals surface area contributed by atoms with Gasteiger partial charge in [-0.25, -0.2) is 0 Å². The third-order valence-electron chi connectivity index (χ3n) is 5.84. The van der Waals surface area contributed by atoms with Crippen molar-refractivity contribution in [2.75, 3.05) is 39.3 Å². The molecule has 1 aliphatic carbocycles. The topological polar surface area (TPSA) is 35.6 Å². The summed E-state index contributed by atoms with van der Waals surface area (Å²) in [4.78, 5) is 17.7. The molecule has 23 heavy (non-hydrogen) atoms. The Morgan fingerprint density at radius 3 is 2.48 bits per heavy atom. The molecule has 1 atom stereocenters. The van der Waals surface area contributed by atoms with Gasteiger partial charge in [-0.3, -0.25) is 9.69 Å². The van der Waals surface area contributed by atoms with Crippen LogP contribution in [0.15, 0.2) is 30.3 Å². The molecule has 0 spiro atoms. The van der Waals surface area contributed by atoms with Gasteiger partial charge in [0.25, 0.3) is 0 Å². The number of piperazine rings is 1. The molecular formula is C19H27N3O. The predicted octanol–water partition coefficient (Wildman–Crippen LogP) is 1.52. The molecule has 4 rings (SSSR count). The van der Waals surface area contributed by atoms with Crippen molar-refractivity contribution < 1.29 is 4.79 Å². The predicted molar refractivity (Wildman–Crippen MR) is 91.2 cm³/mol. The molecule has 2 saturated heterocycles. The maximum Gasteiger partial charge on any atom is 0.229 e. The van der Waals surface area contributed by atoms with E-state index in [9.17, 15) is 4.79 Å². The molecule has 4 heteroatoms. The standard InChI is InChI=1S/C19H27N3O/c23-18(19(7-8-19)14-16-4-2-1-3-5-16)22-12-10-21(11-13-22)17-6-9-20-15-17/h1-5,17,20H,6-15H2. The maximum absolute atomic E-state index is 13.0. The van der Waals surface area contributed by atoms with Crippen LogP contribution in [0.3, 0.4) is 0 Å². The monoisotopic (exact) mass is 313 g/mol. The molecule has 1 aromatic carbocycles. The lowest BCUT2D eigenvalue weighted by molar-refractivity contribution is -0.139. The number of nitrogens with zero attached hydrogens (tertiary/aromatic N) is 2. The van der Waals surface area contributed by atoms with Crippen molar-refractivity contribution in [2.45, 2.75) is 31.7 Å². The fourth-order valence-corrected chi connectivity index (χ4v) is 4.18. The summed E-state index contributed by atoms with van der Waals surface area (Å²) < 4.78 is 0. The van der Waals surface area contributed by atoms with E-state index >= 15 is 0 Å². The summed E-state index contributed by atoms with van der Waals surface area (Å²) in [5, 5.41) is 3.44. The minimum Gasteiger partial charge on any atom is -0.340 e. The van der Waals surface area contributed by atoms with E-state index in [2.05, 4.69) is 39.4 Å². The first kappa shape index (κ1) is 15.2. The second-order valence-corrected chi connectivity index (χ2v) is 7.42. The summed E-state index contributed by atoms with van der Waals surface area (Å²) in [6.45, 7) is 6.16. The van der Waals surface area contributed by atoms with Crippen LogP contribution in [0.25, 0.3) is 0 Å². The first-order chi connectivity index (χ1) is 11.3. The summed E-state index contributed by atoms with van der Waals surface area (Å²) in [6.07, 6.45) is 4.30. The zero-order valence-electron chi connectivity index (χ0n) is 13.8. The van der Waals surface area contributed by atoms with Gasteiger partial charge in [0, 0.05) is 38.8 Å². The van der Waals surface area contributed by atoms with E-state index < -0.39 is 0 Å². The Labute approximate surface area is 138 Å². The lowest BCUT2D eigenvalue weighted by atomic mass is 9.94. The summed E-state index contributed by atoms with van der Waals surface area (Å²) >= 11 is 0. The van der Waals surface area contributed by atoms with Crippen LogP contribution in [0.2, 0.25) is 0 Å². The van der Waals surface area contributed by atoms with Crippen LogP contribution in [0, 0.1) is 5.41 Å². The summed E-state index contributed by atoms with van der Waals surface area (Å²) in [5.74, 6) is 0.408. The first-order valence-electron chi connectivity index (χ1n) is 9.05. The second-order valence-electron chi connectivity index (χ2n) is 7.42. The molecule has 1 amide bonds. The Balaban J connectivity index is 1.34. The molecule has 1 aromatic rings. The van der Waals surface area contributed by atoms with Crippen molar-refractivity contribution in [3.63, 3.8) is 0 Å². The van der Waals surface area contributed by atoms with Gasteiger partial charge >= 0.3 is 0 Å². The molecule has 0 radical (unpaired) electrons. The van der Waals surface area contributed by atoms with Crippen LogP contribution in [-0.4, -0.2) is 61.0 Å². The van der Waals surface area contributed by atoms with E-state index in [4.69, 9.17) is 0 Å². The van der Waals surface area contributed by atoms with Crippen molar-refractivity contribution in [2.24, 2.45) is 5.41 Å². The van der Waals surface area contributed by atoms with Gasteiger partial charge in [0.2, 0.25) is 5.91 Å². The fraction of sp³-hybridized carbons (Fsp3) is 0.632. The van der Waals surface area contributed by atoms with E-state index in [-0.39, 0.29) is 5.41 Å². The molecule has 4 nitrogen and oxygen atoms in total. The minimum atomic E-state index is -0.0849. The molecule has 3 fully saturated rings. The van der Waals surface area contributed by atoms with Crippen LogP contribution in [0.5, 0.6) is 0 Å². The highest BCUT2D eigenvalue weighted by molar-refractivity contribution is 5.85. The number of hydrogen-bond donors (Lipinski definition) is 1. The second kappa shape index (κ2) is 6.25. The van der Waals surface area contributed by atoms with Crippen LogP contribution in [0.1, 0.15) is 24.8 Å². The third-order valence-corrected chi connectivity index (χ3v) is 5.84. The molecule has 124 valence electrons. The minimum absolute atomic E-state index is 0.0849. The van der Waals surface area contributed by atoms with E-state index in [0.717, 1.165) is 58.5 Å². The van der Waals surface area contributed by atoms with Crippen molar-refractivity contribution in [3.05, 3.63) is 35.9 Å². The molecule has 3 aliphatic rings. The van der Waals surface area contributed by atoms with E-state index in [1.165, 1.54) is 12.0 Å². The van der Waals surface area contributed by atoms with Crippen LogP contribution >= 0.6 is 0 Å². The van der Waals surface area contributed by atoms with Crippen molar-refractivity contribution in [3.8, 4) is 0 Å². The average molecular weight is 313 g/mol. The van der Waals surface area contributed by atoms with Crippen molar-refractivity contribution >= 4 is 5.91 Å². The molecule has 0 aromatic heterocycles. The van der Waals surface area contributed by atoms with Gasteiger partial charge < -0.3 is 10.2 Å². The Kier molecular flexibility index (Phi) is 4.12. The van der Waals surface area contributed by atoms with Crippen LogP contribution in [-0.2, 0) is 11.2 Å². The lowest BCUT2D eigenvalue weighted by Crippen LogP contribution is -2.54. The van der Waals surface area contributed by atoms with Crippen molar-refractivity contribution in [1.29, 1.82) is 0 Å². The van der Waals surface area contributed by atoms with Gasteiger partial charge in [-0.05, 0) is 37.8 Å². The molecular weight excluding hydrogens is 286 g/mol. The Morgan fingerprint density at radius 1 is 1.13 bits per heavy atom. The van der Waals surface area contributed by atoms with E-state index in [0.29, 0.717) is 11.9 Å². The number of carbonyl (C=O) groups is 1. The molecule has 1 unspecified atom stereocenters. The zero-order valence-corrected chi connectivity index (χ0v) is 13.8. The van der Waals surface area contributed by atoms with Crippen LogP contribution < -0.4 is 5.32 Å². The van der Waals surface area contributed by atoms with Crippen molar-refractivity contribution in [1.82, 2.24) is 15.1 Å². The third kappa shape index (κ3) is 3.15. The number of carbonyl (C=O) groups excluding carboxylic acids is 1. The fourth-order valence-electron chi connectivity index (χ4n) is 4.18. The summed E-state index contributed by atoms with van der Waals surface area (Å²) in [5.41, 5.74) is 1.22. The highest BCUT2D eigenvalue weighted by Gasteiger charge is 2.51. The number of amides is 1. The number of benzene rings is 1. The molecule has 1 saturated carbocycles. The van der Waals surface area contributed by atoms with Gasteiger partial charge in [0.05, 0.1) is 5.41 Å². The maximum atomic E-state index is 13.0. The van der Waals surface area contributed by atoms with Gasteiger partial charge in [-0.1, -0.05) is 30.3 Å². The van der Waals surface area contributed by atoms with Gasteiger partial charge in [-0.2, -0.15) is 0 Å². The molecule has 2 aliphatic heterocycles. The zero-order chi connectivity index (χ0) is 15.7. The smallest absolute Gasteiger partial charge is 0.229 e. The highest BCUT2D eigenvalue weighted by Crippen LogP contribution is 2.50. The molecule has 1 N–H and O–H groups in total. The molecule has 0 bridgehead atoms. The Bertz CT molecular complexity index is 541. The van der Waals surface area contributed by atoms with Gasteiger partial charge in [0.1, 0.15) is 0 Å². The number of hydrogen-bond acceptors (Lipinski definition) is 3. The Hall–Kier alpha value is -1.39. The lowest BCUT2D eigenvalue weighted by Gasteiger charge is -2.39. The quantitative estimate of drug-likeness (QED) is 0.915. The number of rotatable bonds is 4. The SMILES string of the molecule is O=C(N1CCN(C2CCNC2)CC1)C1(Cc2ccccc2)CC1. The first-order valence-corrected chi connectivity index (χ1v) is 9.05. The summed E-state index contributed by atoms with van der Waals surface area (Å²) in [6, 6.07) is 11.2. The van der Waals surface area contributed by atoms with E-state index in [1.54, 1.807) is 0 Å². The van der Waals surface area contributed by atoms with Crippen LogP contribution in [0.4, 0.5) is 0 Å². The largest absolute Gasteiger partial charge is 0.340 e. The highest BCUT2D eigenvalue weighted by atomic mass is 16.2. The van der Waals surface area contributed by atoms with E-state index in [1.807, 2.05) is 6.07 Å². The van der Waals surface area contributed by atoms with Gasteiger partial charge in [-0.15, -0.1) is 0 Å².